The van der Waals surface area contributed by atoms with E-state index < -0.39 is 29.3 Å². The second-order valence-electron chi connectivity index (χ2n) is 5.02. The van der Waals surface area contributed by atoms with Gasteiger partial charge in [-0.05, 0) is 24.3 Å². The number of carbonyl (C=O) groups excluding carboxylic acids is 2. The van der Waals surface area contributed by atoms with Crippen LogP contribution in [0.5, 0.6) is 11.5 Å². The number of anilines is 1. The molecule has 2 aromatic carbocycles. The lowest BCUT2D eigenvalue weighted by Gasteiger charge is -2.09. The molecule has 0 radical (unpaired) electrons. The van der Waals surface area contributed by atoms with Crippen molar-refractivity contribution in [1.29, 1.82) is 0 Å². The average Bonchev–Trinajstić information content (AvgIpc) is 2.61. The number of hydrogen-bond donors (Lipinski definition) is 1. The van der Waals surface area contributed by atoms with Gasteiger partial charge in [-0.15, -0.1) is 0 Å². The van der Waals surface area contributed by atoms with E-state index in [0.717, 1.165) is 0 Å². The van der Waals surface area contributed by atoms with Gasteiger partial charge < -0.3 is 14.8 Å². The topological polar surface area (TPSA) is 81.7 Å². The van der Waals surface area contributed by atoms with Crippen LogP contribution in [-0.4, -0.2) is 34.2 Å². The van der Waals surface area contributed by atoms with Crippen LogP contribution in [0.15, 0.2) is 54.6 Å². The lowest BCUT2D eigenvalue weighted by molar-refractivity contribution is -0.144. The minimum absolute atomic E-state index is 0.204. The molecular formula is C18H19NO5S. The SMILES string of the molecule is CC[S@](=O)CC(=O)OCC(=O)Nc1cccc(Oc2ccccc2)c1. The Labute approximate surface area is 148 Å². The number of ether oxygens (including phenoxy) is 2. The van der Waals surface area contributed by atoms with E-state index in [4.69, 9.17) is 9.47 Å². The van der Waals surface area contributed by atoms with Crippen LogP contribution in [0, 0.1) is 0 Å². The molecule has 2 rings (SSSR count). The standard InChI is InChI=1S/C18H19NO5S/c1-2-25(22)13-18(21)23-12-17(20)19-14-7-6-10-16(11-14)24-15-8-4-3-5-9-15/h3-11H,2,12-13H2,1H3,(H,19,20)/t25-/m0/s1. The molecular weight excluding hydrogens is 342 g/mol. The minimum atomic E-state index is -1.26. The van der Waals surface area contributed by atoms with Crippen molar-refractivity contribution in [2.24, 2.45) is 0 Å². The van der Waals surface area contributed by atoms with Crippen LogP contribution < -0.4 is 10.1 Å². The molecule has 0 fully saturated rings. The Kier molecular flexibility index (Phi) is 7.16. The molecule has 6 nitrogen and oxygen atoms in total. The van der Waals surface area contributed by atoms with Gasteiger partial charge in [0.25, 0.3) is 5.91 Å². The van der Waals surface area contributed by atoms with Crippen molar-refractivity contribution in [1.82, 2.24) is 0 Å². The number of carbonyl (C=O) groups is 2. The van der Waals surface area contributed by atoms with E-state index in [1.54, 1.807) is 31.2 Å². The molecule has 0 spiro atoms. The average molecular weight is 361 g/mol. The molecule has 0 saturated carbocycles. The number of amides is 1. The van der Waals surface area contributed by atoms with Gasteiger partial charge in [-0.1, -0.05) is 31.2 Å². The second-order valence-corrected chi connectivity index (χ2v) is 6.77. The molecule has 1 N–H and O–H groups in total. The Balaban J connectivity index is 1.85. The molecule has 0 aromatic heterocycles. The number of hydrogen-bond acceptors (Lipinski definition) is 5. The Morgan fingerprint density at radius 3 is 2.48 bits per heavy atom. The highest BCUT2D eigenvalue weighted by Crippen LogP contribution is 2.23. The summed E-state index contributed by atoms with van der Waals surface area (Å²) in [4.78, 5) is 23.2. The van der Waals surface area contributed by atoms with E-state index in [1.165, 1.54) is 0 Å². The first-order chi connectivity index (χ1) is 12.1. The van der Waals surface area contributed by atoms with Gasteiger partial charge in [-0.2, -0.15) is 0 Å². The zero-order valence-electron chi connectivity index (χ0n) is 13.8. The Morgan fingerprint density at radius 1 is 1.04 bits per heavy atom. The zero-order valence-corrected chi connectivity index (χ0v) is 14.6. The fourth-order valence-corrected chi connectivity index (χ4v) is 2.43. The summed E-state index contributed by atoms with van der Waals surface area (Å²) in [5, 5.41) is 2.62. The first kappa shape index (κ1) is 18.7. The van der Waals surface area contributed by atoms with Crippen molar-refractivity contribution in [3.63, 3.8) is 0 Å². The second kappa shape index (κ2) is 9.58. The van der Waals surface area contributed by atoms with Crippen molar-refractivity contribution in [3.05, 3.63) is 54.6 Å². The summed E-state index contributed by atoms with van der Waals surface area (Å²) in [6.45, 7) is 1.28. The fraction of sp³-hybridized carbons (Fsp3) is 0.222. The molecule has 0 bridgehead atoms. The Morgan fingerprint density at radius 2 is 1.76 bits per heavy atom. The molecule has 1 atom stereocenters. The summed E-state index contributed by atoms with van der Waals surface area (Å²) in [6.07, 6.45) is 0. The molecule has 25 heavy (non-hydrogen) atoms. The van der Waals surface area contributed by atoms with Gasteiger partial charge in [0.15, 0.2) is 6.61 Å². The van der Waals surface area contributed by atoms with Crippen molar-refractivity contribution in [2.75, 3.05) is 23.4 Å². The third-order valence-electron chi connectivity index (χ3n) is 3.06. The van der Waals surface area contributed by atoms with Crippen LogP contribution in [0.2, 0.25) is 0 Å². The molecule has 0 aliphatic carbocycles. The highest BCUT2D eigenvalue weighted by atomic mass is 32.2. The molecule has 7 heteroatoms. The monoisotopic (exact) mass is 361 g/mol. The van der Waals surface area contributed by atoms with Gasteiger partial charge >= 0.3 is 5.97 Å². The van der Waals surface area contributed by atoms with Gasteiger partial charge in [0.2, 0.25) is 0 Å². The van der Waals surface area contributed by atoms with E-state index in [1.807, 2.05) is 30.3 Å². The predicted octanol–water partition coefficient (Wildman–Crippen LogP) is 2.73. The molecule has 0 unspecified atom stereocenters. The van der Waals surface area contributed by atoms with Crippen LogP contribution >= 0.6 is 0 Å². The van der Waals surface area contributed by atoms with Crippen molar-refractivity contribution >= 4 is 28.4 Å². The van der Waals surface area contributed by atoms with E-state index in [2.05, 4.69) is 5.32 Å². The minimum Gasteiger partial charge on any atom is -0.457 e. The lowest BCUT2D eigenvalue weighted by atomic mass is 10.3. The molecule has 0 heterocycles. The maximum Gasteiger partial charge on any atom is 0.319 e. The number of nitrogens with one attached hydrogen (secondary N) is 1. The van der Waals surface area contributed by atoms with Crippen molar-refractivity contribution in [3.8, 4) is 11.5 Å². The number of rotatable bonds is 8. The van der Waals surface area contributed by atoms with E-state index >= 15 is 0 Å². The lowest BCUT2D eigenvalue weighted by Crippen LogP contribution is -2.23. The highest BCUT2D eigenvalue weighted by Gasteiger charge is 2.11. The summed E-state index contributed by atoms with van der Waals surface area (Å²) < 4.78 is 21.7. The normalized spacial score (nSPS) is 11.4. The van der Waals surface area contributed by atoms with Crippen LogP contribution in [0.4, 0.5) is 5.69 Å². The number of benzene rings is 2. The van der Waals surface area contributed by atoms with Gasteiger partial charge in [0, 0.05) is 28.3 Å². The van der Waals surface area contributed by atoms with Crippen LogP contribution in [-0.2, 0) is 25.1 Å². The molecule has 0 aliphatic rings. The first-order valence-electron chi connectivity index (χ1n) is 7.70. The summed E-state index contributed by atoms with van der Waals surface area (Å²) in [5.74, 6) is 0.284. The predicted molar refractivity (Wildman–Crippen MR) is 96.1 cm³/mol. The zero-order chi connectivity index (χ0) is 18.1. The smallest absolute Gasteiger partial charge is 0.319 e. The Hall–Kier alpha value is -2.67. The van der Waals surface area contributed by atoms with Gasteiger partial charge in [-0.25, -0.2) is 0 Å². The number of esters is 1. The van der Waals surface area contributed by atoms with Crippen LogP contribution in [0.1, 0.15) is 6.92 Å². The van der Waals surface area contributed by atoms with E-state index in [9.17, 15) is 13.8 Å². The van der Waals surface area contributed by atoms with Crippen molar-refractivity contribution in [2.45, 2.75) is 6.92 Å². The van der Waals surface area contributed by atoms with Crippen LogP contribution in [0.3, 0.4) is 0 Å². The van der Waals surface area contributed by atoms with Gasteiger partial charge in [0.05, 0.1) is 0 Å². The third-order valence-corrected chi connectivity index (χ3v) is 4.26. The molecule has 132 valence electrons. The third kappa shape index (κ3) is 6.76. The maximum atomic E-state index is 11.8. The summed E-state index contributed by atoms with van der Waals surface area (Å²) in [5.41, 5.74) is 0.520. The quantitative estimate of drug-likeness (QED) is 0.731. The largest absolute Gasteiger partial charge is 0.457 e. The molecule has 2 aromatic rings. The molecule has 1 amide bonds. The Bertz CT molecular complexity index is 748. The van der Waals surface area contributed by atoms with Gasteiger partial charge in [-0.3, -0.25) is 13.8 Å². The number of para-hydroxylation sites is 1. The molecule has 0 aliphatic heterocycles. The van der Waals surface area contributed by atoms with E-state index in [-0.39, 0.29) is 5.75 Å². The summed E-state index contributed by atoms with van der Waals surface area (Å²) in [7, 11) is -1.26. The molecule has 0 saturated heterocycles. The van der Waals surface area contributed by atoms with Crippen LogP contribution in [0.25, 0.3) is 0 Å². The highest BCUT2D eigenvalue weighted by molar-refractivity contribution is 7.85. The summed E-state index contributed by atoms with van der Waals surface area (Å²) in [6, 6.07) is 16.1. The maximum absolute atomic E-state index is 11.8. The van der Waals surface area contributed by atoms with Gasteiger partial charge in [0.1, 0.15) is 17.3 Å². The fourth-order valence-electron chi connectivity index (χ4n) is 1.88. The van der Waals surface area contributed by atoms with E-state index in [0.29, 0.717) is 22.9 Å². The van der Waals surface area contributed by atoms with Crippen molar-refractivity contribution < 1.29 is 23.3 Å². The first-order valence-corrected chi connectivity index (χ1v) is 9.19. The summed E-state index contributed by atoms with van der Waals surface area (Å²) >= 11 is 0.